The van der Waals surface area contributed by atoms with Crippen molar-refractivity contribution < 1.29 is 0 Å². The number of pyridine rings is 1. The molecule has 24 heavy (non-hydrogen) atoms. The van der Waals surface area contributed by atoms with E-state index in [-0.39, 0.29) is 0 Å². The van der Waals surface area contributed by atoms with Crippen LogP contribution in [0.3, 0.4) is 0 Å². The molecule has 1 aliphatic heterocycles. The van der Waals surface area contributed by atoms with Crippen LogP contribution in [0.1, 0.15) is 42.4 Å². The Kier molecular flexibility index (Phi) is 3.37. The summed E-state index contributed by atoms with van der Waals surface area (Å²) in [4.78, 5) is 15.6. The largest absolute Gasteiger partial charge is 0.341 e. The van der Waals surface area contributed by atoms with Gasteiger partial charge in [-0.2, -0.15) is 0 Å². The minimum Gasteiger partial charge on any atom is -0.341 e. The van der Waals surface area contributed by atoms with Gasteiger partial charge in [0.2, 0.25) is 0 Å². The van der Waals surface area contributed by atoms with Crippen molar-refractivity contribution in [3.63, 3.8) is 0 Å². The van der Waals surface area contributed by atoms with E-state index in [1.165, 1.54) is 36.9 Å². The van der Waals surface area contributed by atoms with Gasteiger partial charge < -0.3 is 4.98 Å². The maximum atomic E-state index is 4.78. The Morgan fingerprint density at radius 2 is 2.08 bits per heavy atom. The van der Waals surface area contributed by atoms with Gasteiger partial charge in [-0.05, 0) is 61.9 Å². The second-order valence-electron chi connectivity index (χ2n) is 7.10. The zero-order valence-electron chi connectivity index (χ0n) is 13.8. The standard InChI is InChI=1S/C20H22N4/c1-2-8-17-16(7-1)22-18(23-17)13-24-12-4-6-15-10-9-14-5-3-11-21-19(14)20(15)24/h1-3,5,7-8,11,15,20H,4,6,9-10,12-13H2,(H,22,23)/t15-,20-/m0/s1. The summed E-state index contributed by atoms with van der Waals surface area (Å²) in [6.45, 7) is 2.01. The first-order valence-corrected chi connectivity index (χ1v) is 9.00. The molecule has 0 spiro atoms. The first-order chi connectivity index (χ1) is 11.9. The summed E-state index contributed by atoms with van der Waals surface area (Å²) in [5.41, 5.74) is 4.94. The van der Waals surface area contributed by atoms with Gasteiger partial charge in [0, 0.05) is 6.20 Å². The van der Waals surface area contributed by atoms with E-state index in [2.05, 4.69) is 40.2 Å². The normalized spacial score (nSPS) is 23.8. The fourth-order valence-corrected chi connectivity index (χ4v) is 4.57. The van der Waals surface area contributed by atoms with Gasteiger partial charge in [-0.1, -0.05) is 18.2 Å². The molecule has 3 aromatic rings. The van der Waals surface area contributed by atoms with Crippen LogP contribution in [0.2, 0.25) is 0 Å². The number of likely N-dealkylation sites (tertiary alicyclic amines) is 1. The van der Waals surface area contributed by atoms with Crippen molar-refractivity contribution in [1.29, 1.82) is 0 Å². The maximum Gasteiger partial charge on any atom is 0.121 e. The number of para-hydroxylation sites is 2. The van der Waals surface area contributed by atoms with Gasteiger partial charge in [-0.25, -0.2) is 4.98 Å². The second-order valence-corrected chi connectivity index (χ2v) is 7.10. The second kappa shape index (κ2) is 5.71. The van der Waals surface area contributed by atoms with Crippen LogP contribution >= 0.6 is 0 Å². The lowest BCUT2D eigenvalue weighted by atomic mass is 9.77. The highest BCUT2D eigenvalue weighted by molar-refractivity contribution is 5.74. The Labute approximate surface area is 141 Å². The molecule has 0 saturated carbocycles. The number of imidazole rings is 1. The van der Waals surface area contributed by atoms with Crippen LogP contribution in [-0.4, -0.2) is 26.4 Å². The fraction of sp³-hybridized carbons (Fsp3) is 0.400. The van der Waals surface area contributed by atoms with Crippen LogP contribution < -0.4 is 0 Å². The molecule has 1 fully saturated rings. The average Bonchev–Trinajstić information content (AvgIpc) is 3.04. The quantitative estimate of drug-likeness (QED) is 0.780. The first-order valence-electron chi connectivity index (χ1n) is 9.00. The van der Waals surface area contributed by atoms with Gasteiger partial charge >= 0.3 is 0 Å². The Morgan fingerprint density at radius 3 is 3.04 bits per heavy atom. The number of nitrogens with one attached hydrogen (secondary N) is 1. The predicted molar refractivity (Wildman–Crippen MR) is 94.5 cm³/mol. The molecule has 2 aliphatic rings. The SMILES string of the molecule is c1cnc2c(c1)CC[C@@H]1CCCN(Cc3nc4ccccc4[nH]3)[C@H]21. The van der Waals surface area contributed by atoms with E-state index in [0.717, 1.165) is 35.9 Å². The molecule has 0 radical (unpaired) electrons. The summed E-state index contributed by atoms with van der Waals surface area (Å²) in [6.07, 6.45) is 7.04. The molecule has 2 atom stereocenters. The van der Waals surface area contributed by atoms with Crippen LogP contribution in [0.5, 0.6) is 0 Å². The van der Waals surface area contributed by atoms with Gasteiger partial charge in [0.15, 0.2) is 0 Å². The highest BCUT2D eigenvalue weighted by Gasteiger charge is 2.37. The third-order valence-electron chi connectivity index (χ3n) is 5.64. The van der Waals surface area contributed by atoms with Crippen LogP contribution in [0.25, 0.3) is 11.0 Å². The molecule has 4 heteroatoms. The number of aryl methyl sites for hydroxylation is 1. The molecule has 1 aromatic carbocycles. The third-order valence-corrected chi connectivity index (χ3v) is 5.64. The minimum absolute atomic E-state index is 0.455. The van der Waals surface area contributed by atoms with Crippen molar-refractivity contribution in [2.75, 3.05) is 6.54 Å². The minimum atomic E-state index is 0.455. The van der Waals surface area contributed by atoms with E-state index < -0.39 is 0 Å². The van der Waals surface area contributed by atoms with Gasteiger partial charge in [0.25, 0.3) is 0 Å². The summed E-state index contributed by atoms with van der Waals surface area (Å²) in [5, 5.41) is 0. The smallest absolute Gasteiger partial charge is 0.121 e. The third kappa shape index (κ3) is 2.33. The van der Waals surface area contributed by atoms with Crippen molar-refractivity contribution in [1.82, 2.24) is 19.9 Å². The Balaban J connectivity index is 1.48. The van der Waals surface area contributed by atoms with Crippen LogP contribution in [0.15, 0.2) is 42.6 Å². The van der Waals surface area contributed by atoms with Crippen molar-refractivity contribution in [3.05, 3.63) is 59.7 Å². The number of aromatic amines is 1. The van der Waals surface area contributed by atoms with E-state index in [1.807, 2.05) is 12.3 Å². The molecule has 5 rings (SSSR count). The fourth-order valence-electron chi connectivity index (χ4n) is 4.57. The Hall–Kier alpha value is -2.20. The Bertz CT molecular complexity index is 836. The van der Waals surface area contributed by atoms with Gasteiger partial charge in [-0.15, -0.1) is 0 Å². The number of piperidine rings is 1. The van der Waals surface area contributed by atoms with Gasteiger partial charge in [0.05, 0.1) is 29.3 Å². The summed E-state index contributed by atoms with van der Waals surface area (Å²) < 4.78 is 0. The molecular formula is C20H22N4. The van der Waals surface area contributed by atoms with E-state index in [4.69, 9.17) is 9.97 Å². The summed E-state index contributed by atoms with van der Waals surface area (Å²) in [6, 6.07) is 13.1. The van der Waals surface area contributed by atoms with Crippen molar-refractivity contribution in [2.45, 2.75) is 38.3 Å². The monoisotopic (exact) mass is 318 g/mol. The number of hydrogen-bond donors (Lipinski definition) is 1. The number of fused-ring (bicyclic) bond motifs is 4. The number of rotatable bonds is 2. The van der Waals surface area contributed by atoms with Crippen LogP contribution in [0, 0.1) is 5.92 Å². The maximum absolute atomic E-state index is 4.78. The number of H-pyrrole nitrogens is 1. The zero-order valence-corrected chi connectivity index (χ0v) is 13.8. The molecule has 2 aromatic heterocycles. The predicted octanol–water partition coefficient (Wildman–Crippen LogP) is 3.86. The lowest BCUT2D eigenvalue weighted by molar-refractivity contribution is 0.0676. The molecule has 1 aliphatic carbocycles. The zero-order chi connectivity index (χ0) is 15.9. The molecule has 0 bridgehead atoms. The highest BCUT2D eigenvalue weighted by atomic mass is 15.2. The lowest BCUT2D eigenvalue weighted by Gasteiger charge is -2.44. The summed E-state index contributed by atoms with van der Waals surface area (Å²) in [7, 11) is 0. The van der Waals surface area contributed by atoms with Crippen LogP contribution in [0.4, 0.5) is 0 Å². The summed E-state index contributed by atoms with van der Waals surface area (Å²) in [5.74, 6) is 1.81. The number of nitrogens with zero attached hydrogens (tertiary/aromatic N) is 3. The van der Waals surface area contributed by atoms with E-state index >= 15 is 0 Å². The van der Waals surface area contributed by atoms with Crippen molar-refractivity contribution >= 4 is 11.0 Å². The first kappa shape index (κ1) is 14.2. The Morgan fingerprint density at radius 1 is 1.12 bits per heavy atom. The van der Waals surface area contributed by atoms with Gasteiger partial charge in [-0.3, -0.25) is 9.88 Å². The highest BCUT2D eigenvalue weighted by Crippen LogP contribution is 2.43. The number of hydrogen-bond acceptors (Lipinski definition) is 3. The molecule has 0 unspecified atom stereocenters. The number of aromatic nitrogens is 3. The molecule has 3 heterocycles. The molecule has 4 nitrogen and oxygen atoms in total. The molecule has 1 saturated heterocycles. The van der Waals surface area contributed by atoms with E-state index in [9.17, 15) is 0 Å². The molecule has 0 amide bonds. The van der Waals surface area contributed by atoms with Crippen molar-refractivity contribution in [2.24, 2.45) is 5.92 Å². The van der Waals surface area contributed by atoms with E-state index in [0.29, 0.717) is 6.04 Å². The van der Waals surface area contributed by atoms with Crippen molar-refractivity contribution in [3.8, 4) is 0 Å². The molecular weight excluding hydrogens is 296 g/mol. The molecule has 1 N–H and O–H groups in total. The van der Waals surface area contributed by atoms with Crippen LogP contribution in [-0.2, 0) is 13.0 Å². The average molecular weight is 318 g/mol. The number of benzene rings is 1. The topological polar surface area (TPSA) is 44.8 Å². The van der Waals surface area contributed by atoms with E-state index in [1.54, 1.807) is 0 Å². The lowest BCUT2D eigenvalue weighted by Crippen LogP contribution is -2.41. The van der Waals surface area contributed by atoms with Gasteiger partial charge in [0.1, 0.15) is 5.82 Å². The molecule has 122 valence electrons. The summed E-state index contributed by atoms with van der Waals surface area (Å²) >= 11 is 0.